The Morgan fingerprint density at radius 1 is 1.20 bits per heavy atom. The summed E-state index contributed by atoms with van der Waals surface area (Å²) in [6, 6.07) is 3.58. The van der Waals surface area contributed by atoms with Crippen LogP contribution in [0.25, 0.3) is 5.57 Å². The van der Waals surface area contributed by atoms with E-state index in [0.717, 1.165) is 31.5 Å². The fraction of sp³-hybridized carbons (Fsp3) is 0.579. The Hall–Kier alpha value is -1.11. The number of rotatable bonds is 6. The first-order chi connectivity index (χ1) is 11.8. The van der Waals surface area contributed by atoms with Gasteiger partial charge in [0.05, 0.1) is 11.9 Å². The Bertz CT molecular complexity index is 631. The van der Waals surface area contributed by atoms with Gasteiger partial charge in [0, 0.05) is 12.7 Å². The van der Waals surface area contributed by atoms with Crippen LogP contribution in [0, 0.1) is 6.92 Å². The van der Waals surface area contributed by atoms with Crippen LogP contribution in [0.3, 0.4) is 0 Å². The lowest BCUT2D eigenvalue weighted by molar-refractivity contribution is 0.123. The van der Waals surface area contributed by atoms with Crippen LogP contribution in [0.15, 0.2) is 30.4 Å². The molecule has 1 atom stereocenters. The highest BCUT2D eigenvalue weighted by molar-refractivity contribution is 8.22. The Kier molecular flexibility index (Phi) is 6.88. The fourth-order valence-electron chi connectivity index (χ4n) is 3.34. The molecule has 0 spiro atoms. The molecular formula is C19H31F2N3S. The molecule has 1 aromatic rings. The lowest BCUT2D eigenvalue weighted by atomic mass is 10.1. The third-order valence-corrected chi connectivity index (χ3v) is 6.76. The summed E-state index contributed by atoms with van der Waals surface area (Å²) >= 11 is -4.17. The van der Waals surface area contributed by atoms with Gasteiger partial charge in [-0.1, -0.05) is 24.6 Å². The molecule has 1 aromatic heterocycles. The second-order valence-electron chi connectivity index (χ2n) is 6.62. The van der Waals surface area contributed by atoms with Gasteiger partial charge in [0.1, 0.15) is 0 Å². The minimum absolute atomic E-state index is 0.379. The normalized spacial score (nSPS) is 19.8. The van der Waals surface area contributed by atoms with E-state index in [9.17, 15) is 0 Å². The SMILES string of the molecule is C/C=C\C(N1CCCCC1)N(C)S(F)(F)n1c(C)ccc1/C(C)=C/C. The average Bonchev–Trinajstić information content (AvgIpc) is 3.01. The molecular weight excluding hydrogens is 340 g/mol. The molecule has 0 aliphatic carbocycles. The average molecular weight is 372 g/mol. The Morgan fingerprint density at radius 2 is 1.84 bits per heavy atom. The van der Waals surface area contributed by atoms with Crippen molar-refractivity contribution >= 4 is 16.7 Å². The molecule has 1 aliphatic rings. The van der Waals surface area contributed by atoms with Crippen LogP contribution in [0.4, 0.5) is 7.77 Å². The van der Waals surface area contributed by atoms with Crippen molar-refractivity contribution in [1.82, 2.24) is 13.2 Å². The topological polar surface area (TPSA) is 11.4 Å². The van der Waals surface area contributed by atoms with Crippen molar-refractivity contribution in [3.05, 3.63) is 41.7 Å². The lowest BCUT2D eigenvalue weighted by Gasteiger charge is -2.43. The molecule has 0 bridgehead atoms. The molecule has 0 N–H and O–H groups in total. The smallest absolute Gasteiger partial charge is 0.212 e. The summed E-state index contributed by atoms with van der Waals surface area (Å²) < 4.78 is 33.7. The lowest BCUT2D eigenvalue weighted by Crippen LogP contribution is -2.48. The number of allylic oxidation sites excluding steroid dienone is 3. The van der Waals surface area contributed by atoms with Crippen molar-refractivity contribution in [2.24, 2.45) is 0 Å². The zero-order valence-corrected chi connectivity index (χ0v) is 16.8. The van der Waals surface area contributed by atoms with Crippen molar-refractivity contribution in [3.63, 3.8) is 0 Å². The molecule has 1 unspecified atom stereocenters. The van der Waals surface area contributed by atoms with Gasteiger partial charge in [-0.05, 0) is 71.3 Å². The minimum atomic E-state index is -4.17. The standard InChI is InChI=1S/C19H31F2N3S/c1-6-11-19(23-14-9-8-10-15-23)22(5)25(20,21)24-17(4)12-13-18(24)16(3)7-2/h6-7,11-13,19H,8-10,14-15H2,1-5H3/b11-6-,16-7+. The van der Waals surface area contributed by atoms with Crippen molar-refractivity contribution in [1.29, 1.82) is 0 Å². The summed E-state index contributed by atoms with van der Waals surface area (Å²) in [5, 5.41) is 0. The van der Waals surface area contributed by atoms with Crippen LogP contribution < -0.4 is 0 Å². The number of aromatic nitrogens is 1. The van der Waals surface area contributed by atoms with Gasteiger partial charge >= 0.3 is 0 Å². The molecule has 6 heteroatoms. The van der Waals surface area contributed by atoms with Gasteiger partial charge in [0.25, 0.3) is 0 Å². The van der Waals surface area contributed by atoms with E-state index >= 15 is 7.77 Å². The first kappa shape index (κ1) is 20.2. The maximum atomic E-state index is 15.6. The second kappa shape index (κ2) is 8.52. The summed E-state index contributed by atoms with van der Waals surface area (Å²) in [6.45, 7) is 9.17. The number of aryl methyl sites for hydroxylation is 1. The molecule has 25 heavy (non-hydrogen) atoms. The Balaban J connectivity index is 2.41. The van der Waals surface area contributed by atoms with Crippen LogP contribution in [0.5, 0.6) is 0 Å². The van der Waals surface area contributed by atoms with E-state index in [-0.39, 0.29) is 6.17 Å². The Labute approximate surface area is 153 Å². The van der Waals surface area contributed by atoms with Gasteiger partial charge < -0.3 is 0 Å². The third-order valence-electron chi connectivity index (χ3n) is 4.93. The zero-order chi connectivity index (χ0) is 18.6. The molecule has 142 valence electrons. The van der Waals surface area contributed by atoms with E-state index in [1.165, 1.54) is 14.7 Å². The predicted molar refractivity (Wildman–Crippen MR) is 105 cm³/mol. The maximum absolute atomic E-state index is 15.6. The van der Waals surface area contributed by atoms with Crippen LogP contribution >= 0.6 is 11.2 Å². The predicted octanol–water partition coefficient (Wildman–Crippen LogP) is 5.79. The zero-order valence-electron chi connectivity index (χ0n) is 16.0. The first-order valence-corrected chi connectivity index (χ1v) is 10.3. The molecule has 0 radical (unpaired) electrons. The van der Waals surface area contributed by atoms with Crippen molar-refractivity contribution in [3.8, 4) is 0 Å². The van der Waals surface area contributed by atoms with Crippen LogP contribution in [0.2, 0.25) is 0 Å². The number of hydrogen-bond donors (Lipinski definition) is 0. The number of likely N-dealkylation sites (tertiary alicyclic amines) is 1. The van der Waals surface area contributed by atoms with Crippen molar-refractivity contribution in [2.45, 2.75) is 53.1 Å². The molecule has 2 heterocycles. The number of hydrogen-bond acceptors (Lipinski definition) is 2. The third kappa shape index (κ3) is 4.18. The summed E-state index contributed by atoms with van der Waals surface area (Å²) in [7, 11) is 1.56. The maximum Gasteiger partial charge on any atom is 0.212 e. The van der Waals surface area contributed by atoms with Crippen LogP contribution in [-0.4, -0.2) is 39.5 Å². The monoisotopic (exact) mass is 371 g/mol. The molecule has 2 rings (SSSR count). The number of nitrogens with zero attached hydrogens (tertiary/aromatic N) is 3. The van der Waals surface area contributed by atoms with E-state index in [1.54, 1.807) is 26.1 Å². The van der Waals surface area contributed by atoms with Gasteiger partial charge in [-0.3, -0.25) is 4.90 Å². The Morgan fingerprint density at radius 3 is 2.40 bits per heavy atom. The highest BCUT2D eigenvalue weighted by Gasteiger charge is 2.39. The van der Waals surface area contributed by atoms with Crippen molar-refractivity contribution < 1.29 is 7.77 Å². The van der Waals surface area contributed by atoms with Gasteiger partial charge in [0.15, 0.2) is 0 Å². The quantitative estimate of drug-likeness (QED) is 0.586. The van der Waals surface area contributed by atoms with Crippen LogP contribution in [0.1, 0.15) is 51.4 Å². The summed E-state index contributed by atoms with van der Waals surface area (Å²) in [5.41, 5.74) is 2.07. The van der Waals surface area contributed by atoms with Gasteiger partial charge in [-0.15, -0.1) is 7.77 Å². The first-order valence-electron chi connectivity index (χ1n) is 8.99. The molecule has 1 saturated heterocycles. The van der Waals surface area contributed by atoms with Crippen LogP contribution in [-0.2, 0) is 0 Å². The molecule has 3 nitrogen and oxygen atoms in total. The molecule has 0 amide bonds. The van der Waals surface area contributed by atoms with E-state index in [0.29, 0.717) is 11.4 Å². The number of likely N-dealkylation sites (N-methyl/N-ethyl adjacent to an activating group) is 1. The highest BCUT2D eigenvalue weighted by atomic mass is 32.3. The summed E-state index contributed by atoms with van der Waals surface area (Å²) in [6.07, 6.45) is 8.63. The van der Waals surface area contributed by atoms with Gasteiger partial charge in [0.2, 0.25) is 11.2 Å². The number of piperidine rings is 1. The van der Waals surface area contributed by atoms with Gasteiger partial charge in [-0.2, -0.15) is 4.31 Å². The number of halogens is 2. The summed E-state index contributed by atoms with van der Waals surface area (Å²) in [4.78, 5) is 2.17. The van der Waals surface area contributed by atoms with E-state index in [1.807, 2.05) is 39.0 Å². The van der Waals surface area contributed by atoms with E-state index < -0.39 is 11.2 Å². The highest BCUT2D eigenvalue weighted by Crippen LogP contribution is 2.58. The molecule has 0 saturated carbocycles. The van der Waals surface area contributed by atoms with Crippen molar-refractivity contribution in [2.75, 3.05) is 20.1 Å². The van der Waals surface area contributed by atoms with Gasteiger partial charge in [-0.25, -0.2) is 3.97 Å². The van der Waals surface area contributed by atoms with E-state index in [2.05, 4.69) is 4.90 Å². The molecule has 1 fully saturated rings. The van der Waals surface area contributed by atoms with E-state index in [4.69, 9.17) is 0 Å². The second-order valence-corrected chi connectivity index (χ2v) is 8.40. The fourth-order valence-corrected chi connectivity index (χ4v) is 4.91. The minimum Gasteiger partial charge on any atom is -0.284 e. The summed E-state index contributed by atoms with van der Waals surface area (Å²) in [5.74, 6) is 0. The molecule has 0 aromatic carbocycles. The molecule has 1 aliphatic heterocycles. The largest absolute Gasteiger partial charge is 0.284 e.